The quantitative estimate of drug-likeness (QED) is 0.756. The molecule has 1 fully saturated rings. The topological polar surface area (TPSA) is 32.7 Å². The van der Waals surface area contributed by atoms with Crippen LogP contribution >= 0.6 is 15.9 Å². The lowest BCUT2D eigenvalue weighted by atomic mass is 10.1. The number of hydrogen-bond donors (Lipinski definition) is 1. The van der Waals surface area contributed by atoms with Gasteiger partial charge >= 0.3 is 0 Å². The Morgan fingerprint density at radius 2 is 1.44 bits per heavy atom. The minimum atomic E-state index is -0.441. The van der Waals surface area contributed by atoms with Crippen LogP contribution in [-0.4, -0.2) is 42.4 Å². The van der Waals surface area contributed by atoms with E-state index in [0.717, 1.165) is 28.9 Å². The number of nitrogens with zero attached hydrogens (tertiary/aromatic N) is 1. The van der Waals surface area contributed by atoms with E-state index in [2.05, 4.69) is 45.1 Å². The molecule has 0 radical (unpaired) electrons. The minimum Gasteiger partial charge on any atom is -0.491 e. The number of hydrogen-bond acceptors (Lipinski definition) is 3. The van der Waals surface area contributed by atoms with Gasteiger partial charge in [-0.15, -0.1) is 0 Å². The van der Waals surface area contributed by atoms with Crippen molar-refractivity contribution in [3.63, 3.8) is 0 Å². The van der Waals surface area contributed by atoms with Crippen LogP contribution in [0.15, 0.2) is 53.0 Å². The maximum absolute atomic E-state index is 10.2. The molecule has 0 spiro atoms. The number of halogens is 1. The first-order chi connectivity index (χ1) is 12.2. The van der Waals surface area contributed by atoms with E-state index in [4.69, 9.17) is 4.74 Å². The van der Waals surface area contributed by atoms with E-state index in [1.54, 1.807) is 0 Å². The first-order valence-electron chi connectivity index (χ1n) is 9.10. The monoisotopic (exact) mass is 403 g/mol. The number of likely N-dealkylation sites (tertiary alicyclic amines) is 1. The molecule has 0 aromatic heterocycles. The lowest BCUT2D eigenvalue weighted by Gasteiger charge is -2.23. The number of aliphatic hydroxyl groups excluding tert-OH is 1. The van der Waals surface area contributed by atoms with E-state index in [9.17, 15) is 5.11 Å². The Bertz CT molecular complexity index is 634. The van der Waals surface area contributed by atoms with E-state index < -0.39 is 6.10 Å². The van der Waals surface area contributed by atoms with Crippen LogP contribution in [0.1, 0.15) is 25.7 Å². The second-order valence-corrected chi connectivity index (χ2v) is 7.63. The van der Waals surface area contributed by atoms with Crippen molar-refractivity contribution in [2.45, 2.75) is 31.8 Å². The molecule has 2 aromatic rings. The molecule has 1 aliphatic heterocycles. The molecule has 1 heterocycles. The number of aliphatic hydroxyl groups is 1. The first kappa shape index (κ1) is 18.4. The average Bonchev–Trinajstić information content (AvgIpc) is 2.90. The van der Waals surface area contributed by atoms with Crippen LogP contribution in [0.4, 0.5) is 0 Å². The van der Waals surface area contributed by atoms with Crippen molar-refractivity contribution in [2.75, 3.05) is 26.2 Å². The SMILES string of the molecule is OC(COc1ccc(-c2ccc(Br)cc2)cc1)CN1CCCCCC1. The normalized spacial score (nSPS) is 17.0. The van der Waals surface area contributed by atoms with E-state index in [1.165, 1.54) is 31.2 Å². The molecular weight excluding hydrogens is 378 g/mol. The van der Waals surface area contributed by atoms with Gasteiger partial charge in [0.05, 0.1) is 0 Å². The van der Waals surface area contributed by atoms with Crippen molar-refractivity contribution in [2.24, 2.45) is 0 Å². The fraction of sp³-hybridized carbons (Fsp3) is 0.429. The third-order valence-corrected chi connectivity index (χ3v) is 5.17. The molecule has 134 valence electrons. The Morgan fingerprint density at radius 1 is 0.880 bits per heavy atom. The molecule has 0 saturated carbocycles. The van der Waals surface area contributed by atoms with Crippen LogP contribution in [0.3, 0.4) is 0 Å². The highest BCUT2D eigenvalue weighted by molar-refractivity contribution is 9.10. The van der Waals surface area contributed by atoms with Crippen LogP contribution in [0.25, 0.3) is 11.1 Å². The van der Waals surface area contributed by atoms with Gasteiger partial charge in [-0.05, 0) is 61.3 Å². The standard InChI is InChI=1S/C21H26BrNO2/c22-19-9-5-17(6-10-19)18-7-11-21(12-8-18)25-16-20(24)15-23-13-3-1-2-4-14-23/h5-12,20,24H,1-4,13-16H2. The second kappa shape index (κ2) is 9.37. The zero-order valence-electron chi connectivity index (χ0n) is 14.5. The summed E-state index contributed by atoms with van der Waals surface area (Å²) in [6.45, 7) is 3.24. The molecule has 0 bridgehead atoms. The summed E-state index contributed by atoms with van der Waals surface area (Å²) >= 11 is 3.46. The van der Waals surface area contributed by atoms with E-state index in [1.807, 2.05) is 24.3 Å². The molecule has 1 N–H and O–H groups in total. The van der Waals surface area contributed by atoms with Crippen molar-refractivity contribution in [1.29, 1.82) is 0 Å². The Labute approximate surface area is 158 Å². The van der Waals surface area contributed by atoms with Gasteiger partial charge in [0, 0.05) is 11.0 Å². The molecule has 1 atom stereocenters. The Balaban J connectivity index is 1.48. The Hall–Kier alpha value is -1.36. The molecule has 1 unspecified atom stereocenters. The van der Waals surface area contributed by atoms with Gasteiger partial charge in [-0.1, -0.05) is 53.0 Å². The number of rotatable bonds is 6. The molecule has 0 amide bonds. The van der Waals surface area contributed by atoms with E-state index in [0.29, 0.717) is 13.2 Å². The van der Waals surface area contributed by atoms with Gasteiger partial charge in [-0.25, -0.2) is 0 Å². The van der Waals surface area contributed by atoms with Gasteiger partial charge in [0.1, 0.15) is 18.5 Å². The molecule has 1 saturated heterocycles. The van der Waals surface area contributed by atoms with Gasteiger partial charge in [-0.3, -0.25) is 0 Å². The highest BCUT2D eigenvalue weighted by Gasteiger charge is 2.14. The Kier molecular flexibility index (Phi) is 6.91. The fourth-order valence-electron chi connectivity index (χ4n) is 3.25. The number of benzene rings is 2. The van der Waals surface area contributed by atoms with Gasteiger partial charge in [0.25, 0.3) is 0 Å². The summed E-state index contributed by atoms with van der Waals surface area (Å²) in [5.74, 6) is 0.802. The summed E-state index contributed by atoms with van der Waals surface area (Å²) in [5.41, 5.74) is 2.33. The summed E-state index contributed by atoms with van der Waals surface area (Å²) in [6, 6.07) is 16.3. The van der Waals surface area contributed by atoms with Crippen molar-refractivity contribution in [1.82, 2.24) is 4.90 Å². The summed E-state index contributed by atoms with van der Waals surface area (Å²) in [4.78, 5) is 2.36. The van der Waals surface area contributed by atoms with Crippen LogP contribution in [0.5, 0.6) is 5.75 Å². The number of ether oxygens (including phenoxy) is 1. The summed E-state index contributed by atoms with van der Waals surface area (Å²) in [7, 11) is 0. The molecule has 0 aliphatic carbocycles. The predicted octanol–water partition coefficient (Wildman–Crippen LogP) is 4.73. The molecule has 1 aliphatic rings. The van der Waals surface area contributed by atoms with Crippen molar-refractivity contribution < 1.29 is 9.84 Å². The molecule has 3 rings (SSSR count). The van der Waals surface area contributed by atoms with Crippen molar-refractivity contribution in [3.8, 4) is 16.9 Å². The second-order valence-electron chi connectivity index (χ2n) is 6.71. The summed E-state index contributed by atoms with van der Waals surface area (Å²) in [5, 5.41) is 10.2. The van der Waals surface area contributed by atoms with Gasteiger partial charge < -0.3 is 14.7 Å². The maximum Gasteiger partial charge on any atom is 0.119 e. The van der Waals surface area contributed by atoms with Gasteiger partial charge in [0.15, 0.2) is 0 Å². The zero-order chi connectivity index (χ0) is 17.5. The highest BCUT2D eigenvalue weighted by Crippen LogP contribution is 2.24. The molecular formula is C21H26BrNO2. The van der Waals surface area contributed by atoms with E-state index >= 15 is 0 Å². The molecule has 2 aromatic carbocycles. The third kappa shape index (κ3) is 5.84. The van der Waals surface area contributed by atoms with Crippen molar-refractivity contribution >= 4 is 15.9 Å². The average molecular weight is 404 g/mol. The van der Waals surface area contributed by atoms with Gasteiger partial charge in [0.2, 0.25) is 0 Å². The van der Waals surface area contributed by atoms with Crippen LogP contribution in [-0.2, 0) is 0 Å². The summed E-state index contributed by atoms with van der Waals surface area (Å²) in [6.07, 6.45) is 4.67. The first-order valence-corrected chi connectivity index (χ1v) is 9.89. The summed E-state index contributed by atoms with van der Waals surface area (Å²) < 4.78 is 6.84. The maximum atomic E-state index is 10.2. The molecule has 25 heavy (non-hydrogen) atoms. The molecule has 4 heteroatoms. The lowest BCUT2D eigenvalue weighted by Crippen LogP contribution is -2.36. The Morgan fingerprint density at radius 3 is 2.04 bits per heavy atom. The predicted molar refractivity (Wildman–Crippen MR) is 106 cm³/mol. The zero-order valence-corrected chi connectivity index (χ0v) is 16.1. The largest absolute Gasteiger partial charge is 0.491 e. The lowest BCUT2D eigenvalue weighted by molar-refractivity contribution is 0.0694. The third-order valence-electron chi connectivity index (χ3n) is 4.64. The van der Waals surface area contributed by atoms with Crippen LogP contribution in [0, 0.1) is 0 Å². The van der Waals surface area contributed by atoms with Crippen LogP contribution < -0.4 is 4.74 Å². The van der Waals surface area contributed by atoms with Gasteiger partial charge in [-0.2, -0.15) is 0 Å². The minimum absolute atomic E-state index is 0.341. The fourth-order valence-corrected chi connectivity index (χ4v) is 3.51. The van der Waals surface area contributed by atoms with Crippen molar-refractivity contribution in [3.05, 3.63) is 53.0 Å². The number of β-amino-alcohol motifs (C(OH)–C–C–N with tert-alkyl or cyclic N) is 1. The smallest absolute Gasteiger partial charge is 0.119 e. The van der Waals surface area contributed by atoms with Crippen LogP contribution in [0.2, 0.25) is 0 Å². The highest BCUT2D eigenvalue weighted by atomic mass is 79.9. The molecule has 3 nitrogen and oxygen atoms in total. The van der Waals surface area contributed by atoms with E-state index in [-0.39, 0.29) is 0 Å².